The van der Waals surface area contributed by atoms with Gasteiger partial charge in [-0.25, -0.2) is 4.79 Å². The van der Waals surface area contributed by atoms with Crippen LogP contribution in [0.25, 0.3) is 0 Å². The van der Waals surface area contributed by atoms with E-state index in [1.165, 1.54) is 6.92 Å². The van der Waals surface area contributed by atoms with Crippen molar-refractivity contribution in [2.75, 3.05) is 0 Å². The van der Waals surface area contributed by atoms with E-state index >= 15 is 0 Å². The number of primary amides is 1. The standard InChI is InChI=1S/C26H34N4O5/c1-17(2)14-21(24(32)28-18(3)23(27)31)29-25(33)22(15-19-10-6-4-7-11-19)30-26(34)35-16-20-12-8-5-9-13-20/h4-13,17-18,21-22H,14-16H2,1-3H3,(H2,27,31)(H,28,32)(H,29,33)(H,30,34)/t18-,21-,22-/m0/s1. The second-order valence-electron chi connectivity index (χ2n) is 8.77. The Balaban J connectivity index is 2.12. The molecule has 0 unspecified atom stereocenters. The molecule has 0 aliphatic heterocycles. The minimum atomic E-state index is -0.989. The van der Waals surface area contributed by atoms with Gasteiger partial charge in [-0.1, -0.05) is 74.5 Å². The lowest BCUT2D eigenvalue weighted by atomic mass is 10.0. The molecule has 4 amide bonds. The largest absolute Gasteiger partial charge is 0.445 e. The van der Waals surface area contributed by atoms with Crippen LogP contribution in [0.5, 0.6) is 0 Å². The minimum absolute atomic E-state index is 0.0513. The average Bonchev–Trinajstić information content (AvgIpc) is 2.82. The summed E-state index contributed by atoms with van der Waals surface area (Å²) < 4.78 is 5.28. The Bertz CT molecular complexity index is 982. The molecule has 0 radical (unpaired) electrons. The molecule has 0 heterocycles. The summed E-state index contributed by atoms with van der Waals surface area (Å²) in [6.45, 7) is 5.34. The molecular formula is C26H34N4O5. The van der Waals surface area contributed by atoms with Gasteiger partial charge in [0.15, 0.2) is 0 Å². The zero-order valence-electron chi connectivity index (χ0n) is 20.3. The van der Waals surface area contributed by atoms with Crippen LogP contribution in [0.3, 0.4) is 0 Å². The highest BCUT2D eigenvalue weighted by molar-refractivity contribution is 5.93. The quantitative estimate of drug-likeness (QED) is 0.367. The summed E-state index contributed by atoms with van der Waals surface area (Å²) in [7, 11) is 0. The van der Waals surface area contributed by atoms with Crippen molar-refractivity contribution in [3.8, 4) is 0 Å². The highest BCUT2D eigenvalue weighted by atomic mass is 16.5. The van der Waals surface area contributed by atoms with Crippen LogP contribution in [0, 0.1) is 5.92 Å². The molecule has 5 N–H and O–H groups in total. The van der Waals surface area contributed by atoms with Crippen LogP contribution in [-0.2, 0) is 32.1 Å². The molecule has 35 heavy (non-hydrogen) atoms. The van der Waals surface area contributed by atoms with Gasteiger partial charge >= 0.3 is 6.09 Å². The van der Waals surface area contributed by atoms with Gasteiger partial charge in [-0.05, 0) is 30.4 Å². The molecule has 0 saturated carbocycles. The lowest BCUT2D eigenvalue weighted by Crippen LogP contribution is -2.56. The molecule has 9 heteroatoms. The molecule has 0 aromatic heterocycles. The second-order valence-corrected chi connectivity index (χ2v) is 8.77. The van der Waals surface area contributed by atoms with Crippen LogP contribution < -0.4 is 21.7 Å². The summed E-state index contributed by atoms with van der Waals surface area (Å²) in [6, 6.07) is 15.6. The Morgan fingerprint density at radius 3 is 1.86 bits per heavy atom. The number of carbonyl (C=O) groups is 4. The van der Waals surface area contributed by atoms with E-state index in [1.54, 1.807) is 0 Å². The fourth-order valence-electron chi connectivity index (χ4n) is 3.33. The van der Waals surface area contributed by atoms with E-state index in [-0.39, 0.29) is 18.9 Å². The van der Waals surface area contributed by atoms with Gasteiger partial charge in [0.25, 0.3) is 0 Å². The smallest absolute Gasteiger partial charge is 0.408 e. The summed E-state index contributed by atoms with van der Waals surface area (Å²) >= 11 is 0. The highest BCUT2D eigenvalue weighted by Gasteiger charge is 2.29. The molecule has 0 saturated heterocycles. The molecule has 188 valence electrons. The van der Waals surface area contributed by atoms with Gasteiger partial charge in [0, 0.05) is 6.42 Å². The number of nitrogens with two attached hydrogens (primary N) is 1. The van der Waals surface area contributed by atoms with Gasteiger partial charge in [-0.3, -0.25) is 14.4 Å². The monoisotopic (exact) mass is 482 g/mol. The van der Waals surface area contributed by atoms with E-state index in [0.29, 0.717) is 6.42 Å². The predicted octanol–water partition coefficient (Wildman–Crippen LogP) is 2.05. The second kappa shape index (κ2) is 13.7. The van der Waals surface area contributed by atoms with Gasteiger partial charge in [0.1, 0.15) is 24.7 Å². The van der Waals surface area contributed by atoms with Crippen molar-refractivity contribution in [3.63, 3.8) is 0 Å². The maximum atomic E-state index is 13.2. The van der Waals surface area contributed by atoms with Crippen molar-refractivity contribution in [2.45, 2.75) is 58.3 Å². The lowest BCUT2D eigenvalue weighted by Gasteiger charge is -2.25. The van der Waals surface area contributed by atoms with Crippen LogP contribution in [0.2, 0.25) is 0 Å². The number of amides is 4. The van der Waals surface area contributed by atoms with Crippen molar-refractivity contribution >= 4 is 23.8 Å². The number of nitrogens with one attached hydrogen (secondary N) is 3. The minimum Gasteiger partial charge on any atom is -0.445 e. The lowest BCUT2D eigenvalue weighted by molar-refractivity contribution is -0.132. The van der Waals surface area contributed by atoms with Gasteiger partial charge in [0.05, 0.1) is 0 Å². The fourth-order valence-corrected chi connectivity index (χ4v) is 3.33. The number of hydrogen-bond donors (Lipinski definition) is 4. The van der Waals surface area contributed by atoms with E-state index in [4.69, 9.17) is 10.5 Å². The van der Waals surface area contributed by atoms with Crippen molar-refractivity contribution in [1.82, 2.24) is 16.0 Å². The molecular weight excluding hydrogens is 448 g/mol. The summed E-state index contributed by atoms with van der Waals surface area (Å²) in [5, 5.41) is 7.85. The Morgan fingerprint density at radius 1 is 0.771 bits per heavy atom. The average molecular weight is 483 g/mol. The number of benzene rings is 2. The third kappa shape index (κ3) is 9.87. The van der Waals surface area contributed by atoms with Crippen molar-refractivity contribution < 1.29 is 23.9 Å². The molecule has 2 aromatic rings. The van der Waals surface area contributed by atoms with E-state index in [2.05, 4.69) is 16.0 Å². The molecule has 3 atom stereocenters. The van der Waals surface area contributed by atoms with E-state index in [1.807, 2.05) is 74.5 Å². The summed E-state index contributed by atoms with van der Waals surface area (Å²) in [4.78, 5) is 49.8. The van der Waals surface area contributed by atoms with Crippen LogP contribution in [0.15, 0.2) is 60.7 Å². The first-order valence-electron chi connectivity index (χ1n) is 11.6. The number of carbonyl (C=O) groups excluding carboxylic acids is 4. The zero-order chi connectivity index (χ0) is 25.8. The van der Waals surface area contributed by atoms with Crippen molar-refractivity contribution in [3.05, 3.63) is 71.8 Å². The van der Waals surface area contributed by atoms with Crippen molar-refractivity contribution in [1.29, 1.82) is 0 Å². The molecule has 2 rings (SSSR count). The SMILES string of the molecule is CC(C)C[C@H](NC(=O)[C@H](Cc1ccccc1)NC(=O)OCc1ccccc1)C(=O)N[C@@H](C)C(N)=O. The van der Waals surface area contributed by atoms with Gasteiger partial charge in [0.2, 0.25) is 17.7 Å². The van der Waals surface area contributed by atoms with E-state index < -0.39 is 41.9 Å². The summed E-state index contributed by atoms with van der Waals surface area (Å²) in [5.41, 5.74) is 6.88. The Kier molecular flexibility index (Phi) is 10.7. The first-order valence-corrected chi connectivity index (χ1v) is 11.6. The number of rotatable bonds is 12. The maximum absolute atomic E-state index is 13.2. The summed E-state index contributed by atoms with van der Waals surface area (Å²) in [5.74, 6) is -1.68. The first kappa shape index (κ1) is 27.4. The molecule has 2 aromatic carbocycles. The zero-order valence-corrected chi connectivity index (χ0v) is 20.3. The predicted molar refractivity (Wildman–Crippen MR) is 132 cm³/mol. The van der Waals surface area contributed by atoms with E-state index in [9.17, 15) is 19.2 Å². The molecule has 0 bridgehead atoms. The molecule has 0 fully saturated rings. The van der Waals surface area contributed by atoms with Crippen LogP contribution in [0.1, 0.15) is 38.3 Å². The Morgan fingerprint density at radius 2 is 1.31 bits per heavy atom. The number of alkyl carbamates (subject to hydrolysis) is 1. The molecule has 0 aliphatic rings. The fraction of sp³-hybridized carbons (Fsp3) is 0.385. The Labute approximate surface area is 205 Å². The molecule has 0 aliphatic carbocycles. The third-order valence-electron chi connectivity index (χ3n) is 5.23. The van der Waals surface area contributed by atoms with Crippen molar-refractivity contribution in [2.24, 2.45) is 11.7 Å². The van der Waals surface area contributed by atoms with Crippen LogP contribution in [0.4, 0.5) is 4.79 Å². The molecule has 0 spiro atoms. The van der Waals surface area contributed by atoms with Crippen LogP contribution in [-0.4, -0.2) is 41.9 Å². The normalized spacial score (nSPS) is 13.3. The number of ether oxygens (including phenoxy) is 1. The number of hydrogen-bond acceptors (Lipinski definition) is 5. The topological polar surface area (TPSA) is 140 Å². The maximum Gasteiger partial charge on any atom is 0.408 e. The highest BCUT2D eigenvalue weighted by Crippen LogP contribution is 2.09. The third-order valence-corrected chi connectivity index (χ3v) is 5.23. The van der Waals surface area contributed by atoms with Gasteiger partial charge in [-0.2, -0.15) is 0 Å². The van der Waals surface area contributed by atoms with Gasteiger partial charge in [-0.15, -0.1) is 0 Å². The van der Waals surface area contributed by atoms with E-state index in [0.717, 1.165) is 11.1 Å². The Hall–Kier alpha value is -3.88. The first-order chi connectivity index (χ1) is 16.7. The summed E-state index contributed by atoms with van der Waals surface area (Å²) in [6.07, 6.45) is -0.224. The van der Waals surface area contributed by atoms with Crippen LogP contribution >= 0.6 is 0 Å². The van der Waals surface area contributed by atoms with Gasteiger partial charge < -0.3 is 26.4 Å². The molecule has 9 nitrogen and oxygen atoms in total.